The summed E-state index contributed by atoms with van der Waals surface area (Å²) in [5.74, 6) is 1.69. The fraction of sp³-hybridized carbons (Fsp3) is 0.438. The SMILES string of the molecule is CCCCCCCCOc1ccc(-c2ccccc2-c2ccc(OC(OC)[C@H](CC)OC)cc2)cc1. The van der Waals surface area contributed by atoms with Crippen molar-refractivity contribution in [2.45, 2.75) is 71.2 Å². The maximum absolute atomic E-state index is 6.03. The lowest BCUT2D eigenvalue weighted by atomic mass is 9.94. The predicted octanol–water partition coefficient (Wildman–Crippen LogP) is 8.54. The Morgan fingerprint density at radius 3 is 1.69 bits per heavy atom. The van der Waals surface area contributed by atoms with Gasteiger partial charge in [0.1, 0.15) is 17.6 Å². The van der Waals surface area contributed by atoms with Gasteiger partial charge in [-0.05, 0) is 59.4 Å². The summed E-state index contributed by atoms with van der Waals surface area (Å²) in [5.41, 5.74) is 4.67. The summed E-state index contributed by atoms with van der Waals surface area (Å²) in [6, 6.07) is 25.1. The summed E-state index contributed by atoms with van der Waals surface area (Å²) >= 11 is 0. The van der Waals surface area contributed by atoms with Gasteiger partial charge in [-0.1, -0.05) is 94.5 Å². The van der Waals surface area contributed by atoms with E-state index in [2.05, 4.69) is 74.5 Å². The van der Waals surface area contributed by atoms with E-state index in [-0.39, 0.29) is 6.10 Å². The second-order valence-corrected chi connectivity index (χ2v) is 9.11. The van der Waals surface area contributed by atoms with Gasteiger partial charge in [0.05, 0.1) is 6.61 Å². The van der Waals surface area contributed by atoms with Crippen molar-refractivity contribution >= 4 is 0 Å². The Morgan fingerprint density at radius 1 is 0.611 bits per heavy atom. The first-order chi connectivity index (χ1) is 17.7. The third-order valence-corrected chi connectivity index (χ3v) is 6.52. The Hall–Kier alpha value is -2.82. The molecule has 0 bridgehead atoms. The Labute approximate surface area is 217 Å². The van der Waals surface area contributed by atoms with Crippen LogP contribution in [0.4, 0.5) is 0 Å². The molecule has 0 amide bonds. The minimum Gasteiger partial charge on any atom is -0.494 e. The van der Waals surface area contributed by atoms with Crippen molar-refractivity contribution in [3.63, 3.8) is 0 Å². The lowest BCUT2D eigenvalue weighted by Crippen LogP contribution is -2.34. The molecule has 0 saturated heterocycles. The molecule has 0 aromatic heterocycles. The van der Waals surface area contributed by atoms with Gasteiger partial charge in [-0.3, -0.25) is 0 Å². The van der Waals surface area contributed by atoms with E-state index in [4.69, 9.17) is 18.9 Å². The number of ether oxygens (including phenoxy) is 4. The maximum atomic E-state index is 6.03. The second kappa shape index (κ2) is 15.3. The van der Waals surface area contributed by atoms with E-state index in [1.807, 2.05) is 12.1 Å². The summed E-state index contributed by atoms with van der Waals surface area (Å²) in [7, 11) is 3.32. The van der Waals surface area contributed by atoms with E-state index in [0.29, 0.717) is 0 Å². The molecule has 0 aliphatic rings. The number of rotatable bonds is 16. The van der Waals surface area contributed by atoms with E-state index in [0.717, 1.165) is 36.5 Å². The first-order valence-electron chi connectivity index (χ1n) is 13.3. The molecule has 0 aliphatic heterocycles. The quantitative estimate of drug-likeness (QED) is 0.149. The van der Waals surface area contributed by atoms with Crippen LogP contribution in [0.2, 0.25) is 0 Å². The van der Waals surface area contributed by atoms with Crippen LogP contribution in [-0.2, 0) is 9.47 Å². The first kappa shape index (κ1) is 27.8. The highest BCUT2D eigenvalue weighted by atomic mass is 16.7. The molecule has 0 spiro atoms. The van der Waals surface area contributed by atoms with Gasteiger partial charge >= 0.3 is 0 Å². The molecule has 0 fully saturated rings. The first-order valence-corrected chi connectivity index (χ1v) is 13.3. The summed E-state index contributed by atoms with van der Waals surface area (Å²) < 4.78 is 23.0. The van der Waals surface area contributed by atoms with Crippen molar-refractivity contribution in [2.75, 3.05) is 20.8 Å². The van der Waals surface area contributed by atoms with Crippen molar-refractivity contribution in [1.82, 2.24) is 0 Å². The molecule has 1 unspecified atom stereocenters. The van der Waals surface area contributed by atoms with Crippen molar-refractivity contribution in [1.29, 1.82) is 0 Å². The lowest BCUT2D eigenvalue weighted by molar-refractivity contribution is -0.139. The third kappa shape index (κ3) is 8.11. The van der Waals surface area contributed by atoms with E-state index in [1.165, 1.54) is 48.8 Å². The minimum atomic E-state index is -0.445. The number of hydrogen-bond acceptors (Lipinski definition) is 4. The van der Waals surface area contributed by atoms with Crippen LogP contribution in [0.5, 0.6) is 11.5 Å². The van der Waals surface area contributed by atoms with Crippen LogP contribution >= 0.6 is 0 Å². The number of benzene rings is 3. The van der Waals surface area contributed by atoms with Crippen molar-refractivity contribution in [3.05, 3.63) is 72.8 Å². The molecule has 0 heterocycles. The molecule has 0 aliphatic carbocycles. The molecule has 4 nitrogen and oxygen atoms in total. The predicted molar refractivity (Wildman–Crippen MR) is 149 cm³/mol. The van der Waals surface area contributed by atoms with E-state index >= 15 is 0 Å². The van der Waals surface area contributed by atoms with Crippen molar-refractivity contribution < 1.29 is 18.9 Å². The molecule has 0 radical (unpaired) electrons. The molecule has 3 aromatic rings. The third-order valence-electron chi connectivity index (χ3n) is 6.52. The van der Waals surface area contributed by atoms with E-state index in [1.54, 1.807) is 14.2 Å². The molecule has 36 heavy (non-hydrogen) atoms. The Kier molecular flexibility index (Phi) is 11.8. The van der Waals surface area contributed by atoms with Crippen LogP contribution in [0.3, 0.4) is 0 Å². The number of unbranched alkanes of at least 4 members (excludes halogenated alkanes) is 5. The monoisotopic (exact) mass is 490 g/mol. The minimum absolute atomic E-state index is 0.117. The summed E-state index contributed by atoms with van der Waals surface area (Å²) in [6.07, 6.45) is 7.87. The topological polar surface area (TPSA) is 36.9 Å². The zero-order chi connectivity index (χ0) is 25.6. The van der Waals surface area contributed by atoms with Gasteiger partial charge in [0.2, 0.25) is 6.29 Å². The van der Waals surface area contributed by atoms with Gasteiger partial charge in [0, 0.05) is 14.2 Å². The van der Waals surface area contributed by atoms with Crippen LogP contribution < -0.4 is 9.47 Å². The highest BCUT2D eigenvalue weighted by Gasteiger charge is 2.21. The summed E-state index contributed by atoms with van der Waals surface area (Å²) in [5, 5.41) is 0. The highest BCUT2D eigenvalue weighted by molar-refractivity contribution is 5.83. The molecule has 0 saturated carbocycles. The van der Waals surface area contributed by atoms with E-state index in [9.17, 15) is 0 Å². The van der Waals surface area contributed by atoms with E-state index < -0.39 is 6.29 Å². The smallest absolute Gasteiger partial charge is 0.226 e. The molecular formula is C32H42O4. The van der Waals surface area contributed by atoms with Gasteiger partial charge in [-0.25, -0.2) is 0 Å². The van der Waals surface area contributed by atoms with Crippen LogP contribution in [-0.4, -0.2) is 33.2 Å². The fourth-order valence-corrected chi connectivity index (χ4v) is 4.38. The largest absolute Gasteiger partial charge is 0.494 e. The fourth-order valence-electron chi connectivity index (χ4n) is 4.38. The number of hydrogen-bond donors (Lipinski definition) is 0. The van der Waals surface area contributed by atoms with Crippen molar-refractivity contribution in [3.8, 4) is 33.8 Å². The van der Waals surface area contributed by atoms with Gasteiger partial charge < -0.3 is 18.9 Å². The molecule has 2 atom stereocenters. The maximum Gasteiger partial charge on any atom is 0.226 e. The molecule has 3 aromatic carbocycles. The van der Waals surface area contributed by atoms with Crippen LogP contribution in [0, 0.1) is 0 Å². The lowest BCUT2D eigenvalue weighted by Gasteiger charge is -2.24. The van der Waals surface area contributed by atoms with Gasteiger partial charge in [-0.15, -0.1) is 0 Å². The Bertz CT molecular complexity index is 993. The van der Waals surface area contributed by atoms with Gasteiger partial charge in [0.15, 0.2) is 0 Å². The summed E-state index contributed by atoms with van der Waals surface area (Å²) in [4.78, 5) is 0. The van der Waals surface area contributed by atoms with Gasteiger partial charge in [0.25, 0.3) is 0 Å². The Morgan fingerprint density at radius 2 is 1.17 bits per heavy atom. The highest BCUT2D eigenvalue weighted by Crippen LogP contribution is 2.34. The van der Waals surface area contributed by atoms with Gasteiger partial charge in [-0.2, -0.15) is 0 Å². The normalized spacial score (nSPS) is 12.8. The summed E-state index contributed by atoms with van der Waals surface area (Å²) in [6.45, 7) is 5.09. The molecule has 194 valence electrons. The average Bonchev–Trinajstić information content (AvgIpc) is 2.93. The zero-order valence-corrected chi connectivity index (χ0v) is 22.4. The second-order valence-electron chi connectivity index (χ2n) is 9.11. The zero-order valence-electron chi connectivity index (χ0n) is 22.4. The number of methoxy groups -OCH3 is 2. The molecule has 3 rings (SSSR count). The molecular weight excluding hydrogens is 448 g/mol. The van der Waals surface area contributed by atoms with Crippen LogP contribution in [0.1, 0.15) is 58.8 Å². The standard InChI is InChI=1S/C32H42O4/c1-5-7-8-9-10-13-24-35-27-20-16-25(17-21-27)29-14-11-12-15-30(29)26-18-22-28(23-19-26)36-32(34-4)31(6-2)33-3/h11-12,14-23,31-32H,5-10,13,24H2,1-4H3/t31-,32?/m0/s1. The molecule has 4 heteroatoms. The Balaban J connectivity index is 1.64. The van der Waals surface area contributed by atoms with Crippen molar-refractivity contribution in [2.24, 2.45) is 0 Å². The molecule has 0 N–H and O–H groups in total. The van der Waals surface area contributed by atoms with Crippen LogP contribution in [0.15, 0.2) is 72.8 Å². The van der Waals surface area contributed by atoms with Crippen LogP contribution in [0.25, 0.3) is 22.3 Å². The average molecular weight is 491 g/mol.